The van der Waals surface area contributed by atoms with Gasteiger partial charge in [0, 0.05) is 17.6 Å². The van der Waals surface area contributed by atoms with Crippen molar-refractivity contribution in [3.8, 4) is 0 Å². The standard InChI is InChI=1S/C22H36N2/c1-24(2)22(19-11-7-6-8-12-19)17-15-21(16-18-22)23-20-13-9-4-3-5-10-14-20/h6-8,11-12,20-21,23H,3-5,9-10,13-18H2,1-2H3. The molecule has 3 rings (SSSR count). The van der Waals surface area contributed by atoms with Gasteiger partial charge in [-0.3, -0.25) is 4.90 Å². The highest BCUT2D eigenvalue weighted by Gasteiger charge is 2.38. The van der Waals surface area contributed by atoms with Gasteiger partial charge in [0.2, 0.25) is 0 Å². The van der Waals surface area contributed by atoms with Crippen molar-refractivity contribution in [2.75, 3.05) is 14.1 Å². The first-order valence-corrected chi connectivity index (χ1v) is 10.2. The summed E-state index contributed by atoms with van der Waals surface area (Å²) < 4.78 is 0. The molecule has 0 saturated heterocycles. The third kappa shape index (κ3) is 4.21. The number of rotatable bonds is 4. The summed E-state index contributed by atoms with van der Waals surface area (Å²) in [6.07, 6.45) is 15.2. The van der Waals surface area contributed by atoms with Crippen molar-refractivity contribution in [1.29, 1.82) is 0 Å². The van der Waals surface area contributed by atoms with E-state index in [1.54, 1.807) is 0 Å². The minimum absolute atomic E-state index is 0.236. The maximum absolute atomic E-state index is 4.04. The van der Waals surface area contributed by atoms with Crippen molar-refractivity contribution >= 4 is 0 Å². The molecule has 2 heteroatoms. The average Bonchev–Trinajstić information content (AvgIpc) is 2.58. The summed E-state index contributed by atoms with van der Waals surface area (Å²) in [5.41, 5.74) is 1.74. The second kappa shape index (κ2) is 8.49. The molecule has 1 aromatic carbocycles. The number of nitrogens with zero attached hydrogens (tertiary/aromatic N) is 1. The summed E-state index contributed by atoms with van der Waals surface area (Å²) >= 11 is 0. The molecule has 0 bridgehead atoms. The number of hydrogen-bond donors (Lipinski definition) is 1. The molecule has 1 N–H and O–H groups in total. The lowest BCUT2D eigenvalue weighted by Gasteiger charge is -2.46. The molecular formula is C22H36N2. The SMILES string of the molecule is CN(C)C1(c2ccccc2)CCC(NC2CCCCCCC2)CC1. The zero-order valence-corrected chi connectivity index (χ0v) is 15.8. The number of hydrogen-bond acceptors (Lipinski definition) is 2. The van der Waals surface area contributed by atoms with E-state index < -0.39 is 0 Å². The second-order valence-corrected chi connectivity index (χ2v) is 8.28. The van der Waals surface area contributed by atoms with Crippen molar-refractivity contribution in [3.05, 3.63) is 35.9 Å². The number of benzene rings is 1. The van der Waals surface area contributed by atoms with Gasteiger partial charge in [0.25, 0.3) is 0 Å². The van der Waals surface area contributed by atoms with Gasteiger partial charge in [-0.15, -0.1) is 0 Å². The summed E-state index contributed by atoms with van der Waals surface area (Å²) in [6, 6.07) is 12.7. The van der Waals surface area contributed by atoms with Gasteiger partial charge in [0.1, 0.15) is 0 Å². The summed E-state index contributed by atoms with van der Waals surface area (Å²) in [6.45, 7) is 0. The van der Waals surface area contributed by atoms with Crippen LogP contribution in [0.15, 0.2) is 30.3 Å². The van der Waals surface area contributed by atoms with Crippen LogP contribution in [0.3, 0.4) is 0 Å². The summed E-state index contributed by atoms with van der Waals surface area (Å²) in [7, 11) is 4.52. The Morgan fingerprint density at radius 2 is 1.33 bits per heavy atom. The van der Waals surface area contributed by atoms with Gasteiger partial charge in [0.15, 0.2) is 0 Å². The quantitative estimate of drug-likeness (QED) is 0.828. The molecule has 2 fully saturated rings. The molecule has 0 unspecified atom stereocenters. The van der Waals surface area contributed by atoms with Crippen LogP contribution in [0.5, 0.6) is 0 Å². The van der Waals surface area contributed by atoms with Crippen LogP contribution in [0.25, 0.3) is 0 Å². The lowest BCUT2D eigenvalue weighted by atomic mass is 9.74. The Bertz CT molecular complexity index is 466. The molecule has 0 atom stereocenters. The van der Waals surface area contributed by atoms with Gasteiger partial charge in [-0.2, -0.15) is 0 Å². The van der Waals surface area contributed by atoms with E-state index in [1.807, 2.05) is 0 Å². The first-order valence-electron chi connectivity index (χ1n) is 10.2. The second-order valence-electron chi connectivity index (χ2n) is 8.28. The van der Waals surface area contributed by atoms with Crippen LogP contribution in [0.4, 0.5) is 0 Å². The van der Waals surface area contributed by atoms with E-state index in [4.69, 9.17) is 0 Å². The van der Waals surface area contributed by atoms with Crippen molar-refractivity contribution in [2.24, 2.45) is 0 Å². The van der Waals surface area contributed by atoms with Gasteiger partial charge in [0.05, 0.1) is 0 Å². The Balaban J connectivity index is 1.59. The summed E-state index contributed by atoms with van der Waals surface area (Å²) in [4.78, 5) is 2.47. The Hall–Kier alpha value is -0.860. The predicted molar refractivity (Wildman–Crippen MR) is 103 cm³/mol. The largest absolute Gasteiger partial charge is 0.311 e. The molecule has 24 heavy (non-hydrogen) atoms. The van der Waals surface area contributed by atoms with Gasteiger partial charge in [-0.05, 0) is 58.2 Å². The molecule has 0 amide bonds. The topological polar surface area (TPSA) is 15.3 Å². The highest BCUT2D eigenvalue weighted by Crippen LogP contribution is 2.41. The molecule has 134 valence electrons. The minimum atomic E-state index is 0.236. The lowest BCUT2D eigenvalue weighted by Crippen LogP contribution is -2.49. The Kier molecular flexibility index (Phi) is 6.35. The average molecular weight is 329 g/mol. The lowest BCUT2D eigenvalue weighted by molar-refractivity contribution is 0.0823. The molecule has 0 aromatic heterocycles. The first kappa shape index (κ1) is 17.9. The van der Waals surface area contributed by atoms with E-state index in [2.05, 4.69) is 54.6 Å². The van der Waals surface area contributed by atoms with Crippen LogP contribution in [-0.2, 0) is 5.54 Å². The zero-order chi connectivity index (χ0) is 16.8. The molecule has 0 aliphatic heterocycles. The van der Waals surface area contributed by atoms with Crippen LogP contribution in [0.2, 0.25) is 0 Å². The van der Waals surface area contributed by atoms with Gasteiger partial charge >= 0.3 is 0 Å². The van der Waals surface area contributed by atoms with Gasteiger partial charge in [-0.1, -0.05) is 62.4 Å². The van der Waals surface area contributed by atoms with E-state index in [0.29, 0.717) is 0 Å². The predicted octanol–water partition coefficient (Wildman–Crippen LogP) is 5.09. The smallest absolute Gasteiger partial charge is 0.0455 e. The van der Waals surface area contributed by atoms with Crippen LogP contribution in [0.1, 0.15) is 76.2 Å². The van der Waals surface area contributed by atoms with Crippen LogP contribution in [0, 0.1) is 0 Å². The van der Waals surface area contributed by atoms with Crippen molar-refractivity contribution < 1.29 is 0 Å². The Morgan fingerprint density at radius 1 is 0.792 bits per heavy atom. The molecule has 0 radical (unpaired) electrons. The molecule has 1 aromatic rings. The van der Waals surface area contributed by atoms with Crippen molar-refractivity contribution in [1.82, 2.24) is 10.2 Å². The molecule has 0 heterocycles. The Morgan fingerprint density at radius 3 is 1.92 bits per heavy atom. The van der Waals surface area contributed by atoms with E-state index in [9.17, 15) is 0 Å². The fraction of sp³-hybridized carbons (Fsp3) is 0.727. The van der Waals surface area contributed by atoms with E-state index in [1.165, 1.54) is 76.2 Å². The van der Waals surface area contributed by atoms with E-state index >= 15 is 0 Å². The van der Waals surface area contributed by atoms with Crippen molar-refractivity contribution in [2.45, 2.75) is 88.3 Å². The molecule has 2 saturated carbocycles. The number of nitrogens with one attached hydrogen (secondary N) is 1. The third-order valence-corrected chi connectivity index (χ3v) is 6.56. The maximum Gasteiger partial charge on any atom is 0.0455 e. The fourth-order valence-electron chi connectivity index (χ4n) is 4.96. The Labute approximate surface area is 149 Å². The molecule has 2 aliphatic carbocycles. The van der Waals surface area contributed by atoms with E-state index in [-0.39, 0.29) is 5.54 Å². The minimum Gasteiger partial charge on any atom is -0.311 e. The van der Waals surface area contributed by atoms with Crippen LogP contribution < -0.4 is 5.32 Å². The summed E-state index contributed by atoms with van der Waals surface area (Å²) in [5, 5.41) is 4.04. The summed E-state index contributed by atoms with van der Waals surface area (Å²) in [5.74, 6) is 0. The van der Waals surface area contributed by atoms with Gasteiger partial charge in [-0.25, -0.2) is 0 Å². The molecule has 2 aliphatic rings. The highest BCUT2D eigenvalue weighted by molar-refractivity contribution is 5.25. The van der Waals surface area contributed by atoms with Crippen LogP contribution >= 0.6 is 0 Å². The monoisotopic (exact) mass is 328 g/mol. The fourth-order valence-corrected chi connectivity index (χ4v) is 4.96. The third-order valence-electron chi connectivity index (χ3n) is 6.56. The molecular weight excluding hydrogens is 292 g/mol. The highest BCUT2D eigenvalue weighted by atomic mass is 15.1. The van der Waals surface area contributed by atoms with Gasteiger partial charge < -0.3 is 5.32 Å². The molecule has 2 nitrogen and oxygen atoms in total. The normalized spacial score (nSPS) is 30.0. The first-order chi connectivity index (χ1) is 11.7. The maximum atomic E-state index is 4.04. The van der Waals surface area contributed by atoms with Crippen LogP contribution in [-0.4, -0.2) is 31.1 Å². The molecule has 0 spiro atoms. The van der Waals surface area contributed by atoms with Crippen molar-refractivity contribution in [3.63, 3.8) is 0 Å². The zero-order valence-electron chi connectivity index (χ0n) is 15.8. The van der Waals surface area contributed by atoms with E-state index in [0.717, 1.165) is 12.1 Å².